The number of aromatic nitrogens is 2. The Morgan fingerprint density at radius 2 is 1.76 bits per heavy atom. The quantitative estimate of drug-likeness (QED) is 0.197. The molecule has 1 saturated carbocycles. The van der Waals surface area contributed by atoms with E-state index in [-0.39, 0.29) is 58.9 Å². The molecule has 2 unspecified atom stereocenters. The van der Waals surface area contributed by atoms with E-state index in [2.05, 4.69) is 54.4 Å². The second-order valence-electron chi connectivity index (χ2n) is 16.0. The number of carbonyl (C=O) groups excluding carboxylic acids is 5. The van der Waals surface area contributed by atoms with Crippen LogP contribution in [0.2, 0.25) is 5.02 Å². The van der Waals surface area contributed by atoms with Crippen molar-refractivity contribution in [1.29, 1.82) is 5.26 Å². The lowest BCUT2D eigenvalue weighted by molar-refractivity contribution is -0.164. The van der Waals surface area contributed by atoms with Crippen molar-refractivity contribution < 1.29 is 33.4 Å². The molecule has 0 bridgehead atoms. The van der Waals surface area contributed by atoms with Gasteiger partial charge in [-0.25, -0.2) is 0 Å². The molecule has 1 aromatic heterocycles. The molecule has 7 rings (SSSR count). The van der Waals surface area contributed by atoms with E-state index in [1.165, 1.54) is 0 Å². The lowest BCUT2D eigenvalue weighted by Gasteiger charge is -2.63. The first-order valence-corrected chi connectivity index (χ1v) is 19.0. The van der Waals surface area contributed by atoms with Crippen LogP contribution in [-0.2, 0) is 9.59 Å². The fourth-order valence-electron chi connectivity index (χ4n) is 8.86. The van der Waals surface area contributed by atoms with E-state index in [0.29, 0.717) is 34.3 Å². The topological polar surface area (TPSA) is 176 Å². The van der Waals surface area contributed by atoms with Crippen LogP contribution in [-0.4, -0.2) is 93.5 Å². The highest BCUT2D eigenvalue weighted by atomic mass is 35.5. The highest BCUT2D eigenvalue weighted by Crippen LogP contribution is 2.55. The van der Waals surface area contributed by atoms with E-state index in [1.54, 1.807) is 42.6 Å². The molecule has 3 aliphatic heterocycles. The van der Waals surface area contributed by atoms with Gasteiger partial charge in [0.15, 0.2) is 0 Å². The number of rotatable bonds is 12. The van der Waals surface area contributed by atoms with Crippen molar-refractivity contribution in [2.75, 3.05) is 26.2 Å². The predicted molar refractivity (Wildman–Crippen MR) is 200 cm³/mol. The monoisotopic (exact) mass is 769 g/mol. The van der Waals surface area contributed by atoms with Gasteiger partial charge in [-0.05, 0) is 62.6 Å². The highest BCUT2D eigenvalue weighted by Gasteiger charge is 2.64. The lowest BCUT2D eigenvalue weighted by Crippen LogP contribution is -2.74. The third kappa shape index (κ3) is 7.18. The number of halogens is 1. The van der Waals surface area contributed by atoms with Gasteiger partial charge in [0.1, 0.15) is 29.7 Å². The van der Waals surface area contributed by atoms with Crippen LogP contribution in [0.4, 0.5) is 0 Å². The average Bonchev–Trinajstić information content (AvgIpc) is 3.88. The van der Waals surface area contributed by atoms with Crippen molar-refractivity contribution in [1.82, 2.24) is 30.2 Å². The molecule has 0 spiro atoms. The number of unbranched alkanes of at least 4 members (excludes halogenated alkanes) is 1. The number of hydrogen-bond donors (Lipinski definition) is 2. The molecule has 55 heavy (non-hydrogen) atoms. The van der Waals surface area contributed by atoms with Gasteiger partial charge in [0.05, 0.1) is 46.1 Å². The normalized spacial score (nSPS) is 24.2. The molecule has 3 aromatic rings. The maximum atomic E-state index is 13.5. The summed E-state index contributed by atoms with van der Waals surface area (Å²) in [6, 6.07) is 10.8. The van der Waals surface area contributed by atoms with E-state index in [1.807, 2.05) is 10.9 Å². The average molecular weight is 770 g/mol. The molecule has 3 fully saturated rings. The van der Waals surface area contributed by atoms with E-state index in [0.717, 1.165) is 43.8 Å². The Hall–Kier alpha value is -5.26. The van der Waals surface area contributed by atoms with Crippen LogP contribution >= 0.6 is 11.6 Å². The Balaban J connectivity index is 0.850. The second kappa shape index (κ2) is 14.8. The maximum absolute atomic E-state index is 13.5. The minimum absolute atomic E-state index is 0.0658. The summed E-state index contributed by atoms with van der Waals surface area (Å²) >= 11 is 6.23. The van der Waals surface area contributed by atoms with E-state index >= 15 is 0 Å². The van der Waals surface area contributed by atoms with Gasteiger partial charge in [0.25, 0.3) is 17.7 Å². The Bertz CT molecular complexity index is 2090. The number of nitrogens with zero attached hydrogens (tertiary/aromatic N) is 5. The molecular weight excluding hydrogens is 726 g/mol. The van der Waals surface area contributed by atoms with Crippen molar-refractivity contribution in [2.45, 2.75) is 84.0 Å². The summed E-state index contributed by atoms with van der Waals surface area (Å²) in [5, 5.41) is 19.5. The fraction of sp³-hybridized carbons (Fsp3) is 0.475. The molecule has 4 aliphatic rings. The van der Waals surface area contributed by atoms with Gasteiger partial charge >= 0.3 is 0 Å². The standard InChI is InChI=1S/C40H44ClN7O7/c1-39(2)37(40(3,4)38(39)55-27-8-7-23(19-42)30(41)18-27)45-33(50)24-20-43-47(21-24)25-13-15-46(22-25)14-5-6-16-54-26-9-10-28-29(17-26)36(53)48(35(28)52)31-11-12-32(49)44-34(31)51/h7-10,17-18,20-21,25,31,37-38H,5-6,11-16,22H2,1-4H3,(H,45,50)(H,44,49,51). The Morgan fingerprint density at radius 1 is 1.02 bits per heavy atom. The molecule has 4 heterocycles. The van der Waals surface area contributed by atoms with Gasteiger partial charge in [-0.2, -0.15) is 10.4 Å². The maximum Gasteiger partial charge on any atom is 0.262 e. The molecule has 15 heteroatoms. The van der Waals surface area contributed by atoms with Crippen LogP contribution in [0.15, 0.2) is 48.8 Å². The number of nitriles is 1. The van der Waals surface area contributed by atoms with Crippen molar-refractivity contribution in [3.63, 3.8) is 0 Å². The fourth-order valence-corrected chi connectivity index (χ4v) is 9.08. The molecule has 288 valence electrons. The van der Waals surface area contributed by atoms with Gasteiger partial charge in [0, 0.05) is 48.6 Å². The van der Waals surface area contributed by atoms with Crippen molar-refractivity contribution >= 4 is 41.1 Å². The van der Waals surface area contributed by atoms with Crippen LogP contribution in [0.25, 0.3) is 0 Å². The SMILES string of the molecule is CC1(C)C(NC(=O)c2cnn(C3CCN(CCCCOc4ccc5c(c4)C(=O)N(C4CCC(=O)NC4=O)C5=O)C3)c2)C(C)(C)C1Oc1ccc(C#N)c(Cl)c1. The molecule has 2 N–H and O–H groups in total. The predicted octanol–water partition coefficient (Wildman–Crippen LogP) is 4.53. The number of carbonyl (C=O) groups is 5. The van der Waals surface area contributed by atoms with Crippen molar-refractivity contribution in [3.8, 4) is 17.6 Å². The second-order valence-corrected chi connectivity index (χ2v) is 16.4. The Morgan fingerprint density at radius 3 is 2.49 bits per heavy atom. The van der Waals surface area contributed by atoms with E-state index in [4.69, 9.17) is 21.1 Å². The van der Waals surface area contributed by atoms with Crippen LogP contribution < -0.4 is 20.1 Å². The summed E-state index contributed by atoms with van der Waals surface area (Å²) in [4.78, 5) is 66.7. The van der Waals surface area contributed by atoms with E-state index in [9.17, 15) is 29.2 Å². The number of nitrogens with one attached hydrogen (secondary N) is 2. The van der Waals surface area contributed by atoms with Gasteiger partial charge in [-0.3, -0.25) is 38.9 Å². The zero-order valence-electron chi connectivity index (χ0n) is 31.3. The smallest absolute Gasteiger partial charge is 0.262 e. The van der Waals surface area contributed by atoms with Gasteiger partial charge < -0.3 is 19.7 Å². The summed E-state index contributed by atoms with van der Waals surface area (Å²) in [6.07, 6.45) is 5.99. The lowest BCUT2D eigenvalue weighted by atomic mass is 9.49. The molecular formula is C40H44ClN7O7. The molecule has 2 atom stereocenters. The van der Waals surface area contributed by atoms with Crippen LogP contribution in [0.1, 0.15) is 102 Å². The summed E-state index contributed by atoms with van der Waals surface area (Å²) < 4.78 is 14.2. The zero-order chi connectivity index (χ0) is 39.2. The first kappa shape index (κ1) is 38.0. The van der Waals surface area contributed by atoms with Crippen LogP contribution in [0, 0.1) is 22.2 Å². The summed E-state index contributed by atoms with van der Waals surface area (Å²) in [7, 11) is 0. The first-order chi connectivity index (χ1) is 26.2. The largest absolute Gasteiger partial charge is 0.494 e. The number of amides is 5. The molecule has 5 amide bonds. The number of piperidine rings is 1. The molecule has 14 nitrogen and oxygen atoms in total. The van der Waals surface area contributed by atoms with Gasteiger partial charge in [-0.1, -0.05) is 39.3 Å². The number of benzene rings is 2. The number of likely N-dealkylation sites (tertiary alicyclic amines) is 1. The molecule has 0 radical (unpaired) electrons. The van der Waals surface area contributed by atoms with Gasteiger partial charge in [-0.15, -0.1) is 0 Å². The van der Waals surface area contributed by atoms with Crippen LogP contribution in [0.3, 0.4) is 0 Å². The summed E-state index contributed by atoms with van der Waals surface area (Å²) in [5.41, 5.74) is 0.539. The minimum atomic E-state index is -1.01. The summed E-state index contributed by atoms with van der Waals surface area (Å²) in [5.74, 6) is -1.30. The van der Waals surface area contributed by atoms with Crippen molar-refractivity contribution in [2.24, 2.45) is 10.8 Å². The number of hydrogen-bond acceptors (Lipinski definition) is 10. The van der Waals surface area contributed by atoms with E-state index < -0.39 is 29.7 Å². The molecule has 2 aromatic carbocycles. The Labute approximate surface area is 324 Å². The number of ether oxygens (including phenoxy) is 2. The third-order valence-corrected chi connectivity index (χ3v) is 11.8. The minimum Gasteiger partial charge on any atom is -0.494 e. The Kier molecular flexibility index (Phi) is 10.2. The van der Waals surface area contributed by atoms with Crippen molar-refractivity contribution in [3.05, 3.63) is 76.1 Å². The highest BCUT2D eigenvalue weighted by molar-refractivity contribution is 6.31. The van der Waals surface area contributed by atoms with Crippen LogP contribution in [0.5, 0.6) is 11.5 Å². The third-order valence-electron chi connectivity index (χ3n) is 11.5. The van der Waals surface area contributed by atoms with Gasteiger partial charge in [0.2, 0.25) is 11.8 Å². The molecule has 2 saturated heterocycles. The zero-order valence-corrected chi connectivity index (χ0v) is 32.0. The number of imide groups is 2. The first-order valence-electron chi connectivity index (χ1n) is 18.6. The number of fused-ring (bicyclic) bond motifs is 1. The molecule has 1 aliphatic carbocycles. The summed E-state index contributed by atoms with van der Waals surface area (Å²) in [6.45, 7) is 11.3.